The van der Waals surface area contributed by atoms with Crippen molar-refractivity contribution >= 4 is 21.8 Å². The quantitative estimate of drug-likeness (QED) is 0.876. The zero-order valence-corrected chi connectivity index (χ0v) is 10.6. The molecule has 2 fully saturated rings. The molecule has 2 N–H and O–H groups in total. The zero-order chi connectivity index (χ0) is 11.2. The first-order valence-corrected chi connectivity index (χ1v) is 6.61. The molecule has 1 aromatic rings. The SMILES string of the molecule is O=C(NCC1(C2CC2)CC1)c1cc(Br)c[nH]1. The van der Waals surface area contributed by atoms with Crippen LogP contribution in [0.4, 0.5) is 0 Å². The highest BCUT2D eigenvalue weighted by Crippen LogP contribution is 2.60. The van der Waals surface area contributed by atoms with Crippen LogP contribution in [0.1, 0.15) is 36.2 Å². The molecule has 0 aromatic carbocycles. The van der Waals surface area contributed by atoms with Crippen molar-refractivity contribution in [2.75, 3.05) is 6.54 Å². The van der Waals surface area contributed by atoms with Gasteiger partial charge in [0.2, 0.25) is 0 Å². The summed E-state index contributed by atoms with van der Waals surface area (Å²) in [5.74, 6) is 0.904. The molecule has 0 bridgehead atoms. The van der Waals surface area contributed by atoms with Gasteiger partial charge in [-0.1, -0.05) is 0 Å². The fraction of sp³-hybridized carbons (Fsp3) is 0.583. The van der Waals surface area contributed by atoms with Gasteiger partial charge >= 0.3 is 0 Å². The lowest BCUT2D eigenvalue weighted by atomic mass is 10.0. The van der Waals surface area contributed by atoms with E-state index in [1.165, 1.54) is 25.7 Å². The molecule has 0 unspecified atom stereocenters. The van der Waals surface area contributed by atoms with E-state index in [0.29, 0.717) is 11.1 Å². The van der Waals surface area contributed by atoms with Crippen LogP contribution in [0.2, 0.25) is 0 Å². The Hall–Kier alpha value is -0.770. The summed E-state index contributed by atoms with van der Waals surface area (Å²) in [6.07, 6.45) is 7.11. The summed E-state index contributed by atoms with van der Waals surface area (Å²) in [6, 6.07) is 1.81. The Labute approximate surface area is 103 Å². The lowest BCUT2D eigenvalue weighted by Gasteiger charge is -2.14. The van der Waals surface area contributed by atoms with Gasteiger partial charge in [0.1, 0.15) is 5.69 Å². The number of hydrogen-bond donors (Lipinski definition) is 2. The molecule has 2 aliphatic rings. The lowest BCUT2D eigenvalue weighted by Crippen LogP contribution is -2.31. The summed E-state index contributed by atoms with van der Waals surface area (Å²) in [4.78, 5) is 14.8. The number of rotatable bonds is 4. The van der Waals surface area contributed by atoms with Gasteiger partial charge in [0.25, 0.3) is 5.91 Å². The third-order valence-corrected chi connectivity index (χ3v) is 4.29. The number of aromatic nitrogens is 1. The van der Waals surface area contributed by atoms with Gasteiger partial charge in [0, 0.05) is 17.2 Å². The van der Waals surface area contributed by atoms with Gasteiger partial charge in [-0.05, 0) is 59.0 Å². The van der Waals surface area contributed by atoms with Gasteiger partial charge in [-0.25, -0.2) is 0 Å². The van der Waals surface area contributed by atoms with E-state index < -0.39 is 0 Å². The van der Waals surface area contributed by atoms with E-state index in [-0.39, 0.29) is 5.91 Å². The van der Waals surface area contributed by atoms with Gasteiger partial charge < -0.3 is 10.3 Å². The predicted molar refractivity (Wildman–Crippen MR) is 65.2 cm³/mol. The first-order chi connectivity index (χ1) is 7.70. The van der Waals surface area contributed by atoms with Crippen molar-refractivity contribution in [3.63, 3.8) is 0 Å². The number of nitrogens with one attached hydrogen (secondary N) is 2. The number of carbonyl (C=O) groups is 1. The molecule has 4 heteroatoms. The second kappa shape index (κ2) is 3.62. The highest BCUT2D eigenvalue weighted by molar-refractivity contribution is 9.10. The average molecular weight is 283 g/mol. The van der Waals surface area contributed by atoms with Gasteiger partial charge in [-0.3, -0.25) is 4.79 Å². The molecule has 0 saturated heterocycles. The van der Waals surface area contributed by atoms with Gasteiger partial charge in [0.05, 0.1) is 0 Å². The molecular weight excluding hydrogens is 268 g/mol. The van der Waals surface area contributed by atoms with Crippen LogP contribution < -0.4 is 5.32 Å². The third kappa shape index (κ3) is 1.90. The molecule has 0 radical (unpaired) electrons. The molecule has 2 saturated carbocycles. The van der Waals surface area contributed by atoms with E-state index in [1.54, 1.807) is 6.20 Å². The number of carbonyl (C=O) groups excluding carboxylic acids is 1. The normalized spacial score (nSPS) is 21.8. The highest BCUT2D eigenvalue weighted by Gasteiger charge is 2.53. The van der Waals surface area contributed by atoms with E-state index >= 15 is 0 Å². The zero-order valence-electron chi connectivity index (χ0n) is 9.05. The molecule has 0 aliphatic heterocycles. The van der Waals surface area contributed by atoms with Crippen molar-refractivity contribution in [2.45, 2.75) is 25.7 Å². The predicted octanol–water partition coefficient (Wildman–Crippen LogP) is 2.70. The van der Waals surface area contributed by atoms with Crippen LogP contribution in [0.5, 0.6) is 0 Å². The van der Waals surface area contributed by atoms with Crippen molar-refractivity contribution in [1.29, 1.82) is 0 Å². The van der Waals surface area contributed by atoms with E-state index in [9.17, 15) is 4.79 Å². The molecule has 3 nitrogen and oxygen atoms in total. The van der Waals surface area contributed by atoms with Gasteiger partial charge in [0.15, 0.2) is 0 Å². The lowest BCUT2D eigenvalue weighted by molar-refractivity contribution is 0.0938. The third-order valence-electron chi connectivity index (χ3n) is 3.83. The summed E-state index contributed by atoms with van der Waals surface area (Å²) >= 11 is 3.33. The largest absolute Gasteiger partial charge is 0.356 e. The van der Waals surface area contributed by atoms with Crippen molar-refractivity contribution in [3.8, 4) is 0 Å². The Morgan fingerprint density at radius 2 is 2.31 bits per heavy atom. The summed E-state index contributed by atoms with van der Waals surface area (Å²) in [6.45, 7) is 0.854. The first kappa shape index (κ1) is 10.4. The average Bonchev–Trinajstić information content (AvgIpc) is 3.14. The van der Waals surface area contributed by atoms with E-state index in [2.05, 4.69) is 26.2 Å². The minimum Gasteiger partial charge on any atom is -0.356 e. The molecule has 3 rings (SSSR count). The van der Waals surface area contributed by atoms with Crippen LogP contribution in [0.3, 0.4) is 0 Å². The van der Waals surface area contributed by atoms with Crippen molar-refractivity contribution in [2.24, 2.45) is 11.3 Å². The molecule has 1 amide bonds. The molecule has 1 heterocycles. The van der Waals surface area contributed by atoms with Crippen LogP contribution in [0, 0.1) is 11.3 Å². The van der Waals surface area contributed by atoms with Crippen molar-refractivity contribution in [3.05, 3.63) is 22.4 Å². The van der Waals surface area contributed by atoms with Gasteiger partial charge in [-0.2, -0.15) is 0 Å². The fourth-order valence-electron chi connectivity index (χ4n) is 2.44. The number of halogens is 1. The number of hydrogen-bond acceptors (Lipinski definition) is 1. The maximum atomic E-state index is 11.8. The van der Waals surface area contributed by atoms with Crippen LogP contribution in [-0.4, -0.2) is 17.4 Å². The fourth-order valence-corrected chi connectivity index (χ4v) is 2.78. The van der Waals surface area contributed by atoms with E-state index in [1.807, 2.05) is 6.07 Å². The topological polar surface area (TPSA) is 44.9 Å². The van der Waals surface area contributed by atoms with Crippen LogP contribution >= 0.6 is 15.9 Å². The summed E-state index contributed by atoms with van der Waals surface area (Å²) < 4.78 is 0.918. The Kier molecular flexibility index (Phi) is 2.35. The minimum absolute atomic E-state index is 0.0117. The summed E-state index contributed by atoms with van der Waals surface area (Å²) in [5, 5.41) is 3.05. The molecule has 2 aliphatic carbocycles. The summed E-state index contributed by atoms with van der Waals surface area (Å²) in [7, 11) is 0. The Morgan fingerprint density at radius 3 is 2.81 bits per heavy atom. The number of H-pyrrole nitrogens is 1. The second-order valence-corrected chi connectivity index (χ2v) is 5.97. The molecule has 0 atom stereocenters. The Balaban J connectivity index is 1.57. The minimum atomic E-state index is 0.0117. The smallest absolute Gasteiger partial charge is 0.267 e. The second-order valence-electron chi connectivity index (χ2n) is 5.05. The van der Waals surface area contributed by atoms with E-state index in [0.717, 1.165) is 16.9 Å². The summed E-state index contributed by atoms with van der Waals surface area (Å²) in [5.41, 5.74) is 1.11. The van der Waals surface area contributed by atoms with Crippen molar-refractivity contribution in [1.82, 2.24) is 10.3 Å². The maximum absolute atomic E-state index is 11.8. The monoisotopic (exact) mass is 282 g/mol. The maximum Gasteiger partial charge on any atom is 0.267 e. The number of amides is 1. The van der Waals surface area contributed by atoms with Crippen LogP contribution in [-0.2, 0) is 0 Å². The molecule has 0 spiro atoms. The standard InChI is InChI=1S/C12H15BrN2O/c13-9-5-10(14-6-9)11(16)15-7-12(3-4-12)8-1-2-8/h5-6,8,14H,1-4,7H2,(H,15,16). The Morgan fingerprint density at radius 1 is 1.56 bits per heavy atom. The molecule has 1 aromatic heterocycles. The first-order valence-electron chi connectivity index (χ1n) is 5.82. The van der Waals surface area contributed by atoms with Crippen LogP contribution in [0.15, 0.2) is 16.7 Å². The van der Waals surface area contributed by atoms with Crippen LogP contribution in [0.25, 0.3) is 0 Å². The molecular formula is C12H15BrN2O. The molecule has 16 heavy (non-hydrogen) atoms. The van der Waals surface area contributed by atoms with Gasteiger partial charge in [-0.15, -0.1) is 0 Å². The van der Waals surface area contributed by atoms with Crippen molar-refractivity contribution < 1.29 is 4.79 Å². The Bertz CT molecular complexity index is 418. The van der Waals surface area contributed by atoms with E-state index in [4.69, 9.17) is 0 Å². The highest BCUT2D eigenvalue weighted by atomic mass is 79.9. The molecule has 86 valence electrons. The number of aromatic amines is 1.